The van der Waals surface area contributed by atoms with Crippen molar-refractivity contribution in [2.24, 2.45) is 0 Å². The Hall–Kier alpha value is -1.33. The number of aryl methyl sites for hydroxylation is 2. The monoisotopic (exact) mass is 252 g/mol. The van der Waals surface area contributed by atoms with Gasteiger partial charge in [0.2, 0.25) is 0 Å². The third-order valence-corrected chi connectivity index (χ3v) is 3.37. The van der Waals surface area contributed by atoms with Crippen LogP contribution >= 0.6 is 0 Å². The summed E-state index contributed by atoms with van der Waals surface area (Å²) in [6.45, 7) is 5.26. The fraction of sp³-hybridized carbons (Fsp3) is 0.615. The van der Waals surface area contributed by atoms with E-state index < -0.39 is 5.60 Å². The first kappa shape index (κ1) is 13.1. The van der Waals surface area contributed by atoms with E-state index in [2.05, 4.69) is 5.32 Å². The molecular weight excluding hydrogens is 232 g/mol. The van der Waals surface area contributed by atoms with E-state index in [9.17, 15) is 9.90 Å². The largest absolute Gasteiger partial charge is 0.466 e. The molecule has 1 saturated heterocycles. The van der Waals surface area contributed by atoms with Crippen LogP contribution in [0, 0.1) is 13.8 Å². The van der Waals surface area contributed by atoms with Crippen molar-refractivity contribution >= 4 is 5.91 Å². The second kappa shape index (κ2) is 4.74. The Morgan fingerprint density at radius 1 is 1.61 bits per heavy atom. The van der Waals surface area contributed by atoms with Crippen molar-refractivity contribution in [1.29, 1.82) is 0 Å². The number of carbonyl (C=O) groups excluding carboxylic acids is 1. The van der Waals surface area contributed by atoms with Crippen LogP contribution in [0.4, 0.5) is 0 Å². The lowest BCUT2D eigenvalue weighted by molar-refractivity contribution is 0.0252. The molecule has 1 fully saturated rings. The van der Waals surface area contributed by atoms with Gasteiger partial charge in [-0.1, -0.05) is 0 Å². The lowest BCUT2D eigenvalue weighted by Crippen LogP contribution is -2.45. The normalized spacial score (nSPS) is 23.3. The van der Waals surface area contributed by atoms with Crippen molar-refractivity contribution < 1.29 is 14.3 Å². The van der Waals surface area contributed by atoms with E-state index in [4.69, 9.17) is 4.42 Å². The third kappa shape index (κ3) is 2.57. The topological polar surface area (TPSA) is 65.7 Å². The highest BCUT2D eigenvalue weighted by Crippen LogP contribution is 2.19. The highest BCUT2D eigenvalue weighted by atomic mass is 16.3. The highest BCUT2D eigenvalue weighted by Gasteiger charge is 2.34. The standard InChI is InChI=1S/C13H20N2O3/c1-9-6-11(10(2)18-9)12(16)15(3)8-13(17)4-5-14-7-13/h6,14,17H,4-5,7-8H2,1-3H3. The average Bonchev–Trinajstić information content (AvgIpc) is 2.84. The van der Waals surface area contributed by atoms with Crippen LogP contribution in [0.5, 0.6) is 0 Å². The molecule has 1 aliphatic heterocycles. The molecule has 0 bridgehead atoms. The van der Waals surface area contributed by atoms with Crippen molar-refractivity contribution in [3.63, 3.8) is 0 Å². The molecule has 0 radical (unpaired) electrons. The Morgan fingerprint density at radius 2 is 2.33 bits per heavy atom. The van der Waals surface area contributed by atoms with Gasteiger partial charge in [-0.2, -0.15) is 0 Å². The molecule has 1 aromatic rings. The van der Waals surface area contributed by atoms with Gasteiger partial charge in [0.05, 0.1) is 17.7 Å². The van der Waals surface area contributed by atoms with Gasteiger partial charge in [-0.15, -0.1) is 0 Å². The van der Waals surface area contributed by atoms with E-state index in [1.807, 2.05) is 6.92 Å². The molecule has 0 spiro atoms. The summed E-state index contributed by atoms with van der Waals surface area (Å²) in [5, 5.41) is 13.4. The van der Waals surface area contributed by atoms with E-state index >= 15 is 0 Å². The maximum absolute atomic E-state index is 12.2. The first-order valence-electron chi connectivity index (χ1n) is 6.17. The minimum Gasteiger partial charge on any atom is -0.466 e. The Labute approximate surface area is 107 Å². The summed E-state index contributed by atoms with van der Waals surface area (Å²) in [5.74, 6) is 1.25. The molecule has 2 N–H and O–H groups in total. The van der Waals surface area contributed by atoms with Crippen molar-refractivity contribution in [3.8, 4) is 0 Å². The summed E-state index contributed by atoms with van der Waals surface area (Å²) in [7, 11) is 1.71. The molecule has 1 unspecified atom stereocenters. The fourth-order valence-electron chi connectivity index (χ4n) is 2.43. The Bertz CT molecular complexity index is 447. The van der Waals surface area contributed by atoms with Crippen LogP contribution in [0.15, 0.2) is 10.5 Å². The molecule has 1 amide bonds. The number of furan rings is 1. The van der Waals surface area contributed by atoms with Gasteiger partial charge in [-0.25, -0.2) is 0 Å². The number of amides is 1. The number of likely N-dealkylation sites (N-methyl/N-ethyl adjacent to an activating group) is 1. The number of aliphatic hydroxyl groups is 1. The lowest BCUT2D eigenvalue weighted by Gasteiger charge is -2.27. The number of hydrogen-bond donors (Lipinski definition) is 2. The van der Waals surface area contributed by atoms with E-state index in [-0.39, 0.29) is 5.91 Å². The first-order valence-corrected chi connectivity index (χ1v) is 6.17. The molecule has 5 nitrogen and oxygen atoms in total. The number of carbonyl (C=O) groups is 1. The predicted octanol–water partition coefficient (Wildman–Crippen LogP) is 0.693. The SMILES string of the molecule is Cc1cc(C(=O)N(C)CC2(O)CCNC2)c(C)o1. The minimum absolute atomic E-state index is 0.107. The smallest absolute Gasteiger partial charge is 0.257 e. The van der Waals surface area contributed by atoms with Crippen molar-refractivity contribution in [2.75, 3.05) is 26.7 Å². The number of rotatable bonds is 3. The van der Waals surface area contributed by atoms with E-state index in [0.29, 0.717) is 30.8 Å². The first-order chi connectivity index (χ1) is 8.41. The Kier molecular flexibility index (Phi) is 3.45. The summed E-state index contributed by atoms with van der Waals surface area (Å²) < 4.78 is 5.36. The summed E-state index contributed by atoms with van der Waals surface area (Å²) in [6, 6.07) is 1.74. The molecule has 1 aliphatic rings. The molecule has 0 aromatic carbocycles. The molecule has 18 heavy (non-hydrogen) atoms. The van der Waals surface area contributed by atoms with Crippen LogP contribution < -0.4 is 5.32 Å². The fourth-order valence-corrected chi connectivity index (χ4v) is 2.43. The second-order valence-electron chi connectivity index (χ2n) is 5.14. The zero-order chi connectivity index (χ0) is 13.3. The predicted molar refractivity (Wildman–Crippen MR) is 67.6 cm³/mol. The summed E-state index contributed by atoms with van der Waals surface area (Å²) >= 11 is 0. The average molecular weight is 252 g/mol. The van der Waals surface area contributed by atoms with Gasteiger partial charge in [-0.05, 0) is 32.9 Å². The van der Waals surface area contributed by atoms with Crippen molar-refractivity contribution in [1.82, 2.24) is 10.2 Å². The van der Waals surface area contributed by atoms with Crippen molar-refractivity contribution in [2.45, 2.75) is 25.9 Å². The number of hydrogen-bond acceptors (Lipinski definition) is 4. The van der Waals surface area contributed by atoms with Crippen LogP contribution in [-0.4, -0.2) is 48.2 Å². The molecule has 1 atom stereocenters. The highest BCUT2D eigenvalue weighted by molar-refractivity contribution is 5.95. The molecule has 0 aliphatic carbocycles. The summed E-state index contributed by atoms with van der Waals surface area (Å²) in [4.78, 5) is 13.8. The molecule has 2 rings (SSSR count). The molecule has 2 heterocycles. The van der Waals surface area contributed by atoms with Crippen LogP contribution in [0.1, 0.15) is 28.3 Å². The van der Waals surface area contributed by atoms with Crippen LogP contribution in [0.2, 0.25) is 0 Å². The summed E-state index contributed by atoms with van der Waals surface area (Å²) in [6.07, 6.45) is 0.675. The zero-order valence-corrected chi connectivity index (χ0v) is 11.1. The van der Waals surface area contributed by atoms with Gasteiger partial charge < -0.3 is 19.7 Å². The van der Waals surface area contributed by atoms with Gasteiger partial charge in [0.15, 0.2) is 0 Å². The molecule has 0 saturated carbocycles. The molecule has 1 aromatic heterocycles. The number of nitrogens with zero attached hydrogens (tertiary/aromatic N) is 1. The molecular formula is C13H20N2O3. The van der Waals surface area contributed by atoms with Crippen LogP contribution in [0.25, 0.3) is 0 Å². The summed E-state index contributed by atoms with van der Waals surface area (Å²) in [5.41, 5.74) is -0.235. The zero-order valence-electron chi connectivity index (χ0n) is 11.1. The van der Waals surface area contributed by atoms with Gasteiger partial charge >= 0.3 is 0 Å². The van der Waals surface area contributed by atoms with Gasteiger partial charge in [0.25, 0.3) is 5.91 Å². The molecule has 5 heteroatoms. The third-order valence-electron chi connectivity index (χ3n) is 3.37. The van der Waals surface area contributed by atoms with Crippen LogP contribution in [-0.2, 0) is 0 Å². The maximum Gasteiger partial charge on any atom is 0.257 e. The Morgan fingerprint density at radius 3 is 2.83 bits per heavy atom. The quantitative estimate of drug-likeness (QED) is 0.831. The second-order valence-corrected chi connectivity index (χ2v) is 5.14. The van der Waals surface area contributed by atoms with Gasteiger partial charge in [-0.3, -0.25) is 4.79 Å². The van der Waals surface area contributed by atoms with E-state index in [0.717, 1.165) is 12.3 Å². The van der Waals surface area contributed by atoms with E-state index in [1.54, 1.807) is 24.9 Å². The molecule has 100 valence electrons. The Balaban J connectivity index is 2.07. The number of β-amino-alcohol motifs (C(OH)–C–C–N with tert-alkyl or cyclic N) is 1. The minimum atomic E-state index is -0.808. The lowest BCUT2D eigenvalue weighted by atomic mass is 10.0. The maximum atomic E-state index is 12.2. The van der Waals surface area contributed by atoms with Crippen molar-refractivity contribution in [3.05, 3.63) is 23.2 Å². The van der Waals surface area contributed by atoms with E-state index in [1.165, 1.54) is 0 Å². The van der Waals surface area contributed by atoms with Gasteiger partial charge in [0, 0.05) is 13.6 Å². The number of nitrogens with one attached hydrogen (secondary N) is 1. The van der Waals surface area contributed by atoms with Crippen LogP contribution in [0.3, 0.4) is 0 Å². The van der Waals surface area contributed by atoms with Gasteiger partial charge in [0.1, 0.15) is 11.5 Å².